The van der Waals surface area contributed by atoms with Crippen LogP contribution in [0.5, 0.6) is 0 Å². The first-order valence-corrected chi connectivity index (χ1v) is 7.45. The topological polar surface area (TPSA) is 43.4 Å². The molecule has 3 nitrogen and oxygen atoms in total. The summed E-state index contributed by atoms with van der Waals surface area (Å²) < 4.78 is 6.01. The van der Waals surface area contributed by atoms with E-state index in [-0.39, 0.29) is 29.5 Å². The van der Waals surface area contributed by atoms with Gasteiger partial charge in [0.2, 0.25) is 0 Å². The summed E-state index contributed by atoms with van der Waals surface area (Å²) in [4.78, 5) is 23.9. The molecule has 20 heavy (non-hydrogen) atoms. The molecule has 0 spiro atoms. The third kappa shape index (κ3) is 3.38. The van der Waals surface area contributed by atoms with Gasteiger partial charge in [0.05, 0.1) is 5.92 Å². The summed E-state index contributed by atoms with van der Waals surface area (Å²) in [6.07, 6.45) is 2.99. The van der Waals surface area contributed by atoms with E-state index in [0.29, 0.717) is 6.42 Å². The maximum absolute atomic E-state index is 12.3. The molecule has 3 heteroatoms. The Kier molecular flexibility index (Phi) is 5.73. The zero-order valence-electron chi connectivity index (χ0n) is 13.4. The first-order chi connectivity index (χ1) is 9.33. The summed E-state index contributed by atoms with van der Waals surface area (Å²) in [6, 6.07) is 0. The lowest BCUT2D eigenvalue weighted by Gasteiger charge is -2.34. The summed E-state index contributed by atoms with van der Waals surface area (Å²) in [5.41, 5.74) is 1.50. The Bertz CT molecular complexity index is 457. The molecule has 0 bridgehead atoms. The smallest absolute Gasteiger partial charge is 0.168 e. The van der Waals surface area contributed by atoms with Gasteiger partial charge < -0.3 is 4.74 Å². The fourth-order valence-electron chi connectivity index (χ4n) is 2.75. The highest BCUT2D eigenvalue weighted by Crippen LogP contribution is 2.32. The van der Waals surface area contributed by atoms with Crippen molar-refractivity contribution in [1.82, 2.24) is 0 Å². The van der Waals surface area contributed by atoms with Gasteiger partial charge in [-0.2, -0.15) is 0 Å². The summed E-state index contributed by atoms with van der Waals surface area (Å²) in [5.74, 6) is 0.977. The molecule has 0 saturated heterocycles. The zero-order valence-corrected chi connectivity index (χ0v) is 13.4. The molecule has 0 amide bonds. The van der Waals surface area contributed by atoms with E-state index in [9.17, 15) is 9.59 Å². The predicted molar refractivity (Wildman–Crippen MR) is 80.3 cm³/mol. The quantitative estimate of drug-likeness (QED) is 0.718. The minimum absolute atomic E-state index is 0.0408. The van der Waals surface area contributed by atoms with Gasteiger partial charge in [0.25, 0.3) is 0 Å². The molecule has 0 N–H and O–H groups in total. The Hall–Kier alpha value is -1.38. The minimum atomic E-state index is -0.180. The van der Waals surface area contributed by atoms with Crippen LogP contribution in [-0.2, 0) is 14.3 Å². The van der Waals surface area contributed by atoms with E-state index in [0.717, 1.165) is 23.3 Å². The molecule has 1 aliphatic heterocycles. The number of allylic oxidation sites excluding steroid dienone is 3. The molecule has 0 aliphatic carbocycles. The lowest BCUT2D eigenvalue weighted by molar-refractivity contribution is -0.126. The molecule has 0 aromatic rings. The van der Waals surface area contributed by atoms with Crippen molar-refractivity contribution in [3.8, 4) is 0 Å². The average molecular weight is 278 g/mol. The molecule has 0 saturated carbocycles. The van der Waals surface area contributed by atoms with Crippen molar-refractivity contribution in [1.29, 1.82) is 0 Å². The Morgan fingerprint density at radius 1 is 1.40 bits per heavy atom. The van der Waals surface area contributed by atoms with Gasteiger partial charge in [-0.05, 0) is 19.4 Å². The Morgan fingerprint density at radius 3 is 2.50 bits per heavy atom. The van der Waals surface area contributed by atoms with Gasteiger partial charge in [-0.3, -0.25) is 9.59 Å². The van der Waals surface area contributed by atoms with Crippen LogP contribution >= 0.6 is 0 Å². The summed E-state index contributed by atoms with van der Waals surface area (Å²) in [5, 5.41) is 0. The van der Waals surface area contributed by atoms with E-state index in [1.54, 1.807) is 0 Å². The van der Waals surface area contributed by atoms with Crippen LogP contribution in [0.25, 0.3) is 0 Å². The van der Waals surface area contributed by atoms with Gasteiger partial charge in [0.15, 0.2) is 11.6 Å². The number of ether oxygens (including phenoxy) is 1. The van der Waals surface area contributed by atoms with Crippen LogP contribution in [0.15, 0.2) is 23.0 Å². The SMILES string of the molecule is CCC(=O)/C(C)=C/[C@@H](C)[C@@H]1OC(CC)=C(C)C(=O)[C@H]1C. The second-order valence-corrected chi connectivity index (χ2v) is 5.62. The van der Waals surface area contributed by atoms with Crippen LogP contribution in [0.4, 0.5) is 0 Å². The standard InChI is InChI=1S/C17H26O3/c1-7-14(18)10(3)9-11(4)17-13(6)16(19)12(5)15(8-2)20-17/h9,11,13,17H,7-8H2,1-6H3/b10-9+/t11-,13-,17+/m1/s1. The van der Waals surface area contributed by atoms with E-state index in [2.05, 4.69) is 0 Å². The van der Waals surface area contributed by atoms with Crippen molar-refractivity contribution in [3.05, 3.63) is 23.0 Å². The molecule has 0 radical (unpaired) electrons. The highest BCUT2D eigenvalue weighted by atomic mass is 16.5. The molecule has 1 heterocycles. The van der Waals surface area contributed by atoms with Gasteiger partial charge in [-0.15, -0.1) is 0 Å². The maximum atomic E-state index is 12.3. The molecule has 3 atom stereocenters. The minimum Gasteiger partial charge on any atom is -0.493 e. The lowest BCUT2D eigenvalue weighted by atomic mass is 9.84. The fourth-order valence-corrected chi connectivity index (χ4v) is 2.75. The summed E-state index contributed by atoms with van der Waals surface area (Å²) >= 11 is 0. The molecule has 1 aliphatic rings. The van der Waals surface area contributed by atoms with Crippen LogP contribution < -0.4 is 0 Å². The number of rotatable bonds is 5. The highest BCUT2D eigenvalue weighted by Gasteiger charge is 2.36. The Morgan fingerprint density at radius 2 is 2.00 bits per heavy atom. The zero-order chi connectivity index (χ0) is 15.4. The van der Waals surface area contributed by atoms with Crippen molar-refractivity contribution in [2.24, 2.45) is 11.8 Å². The van der Waals surface area contributed by atoms with E-state index >= 15 is 0 Å². The van der Waals surface area contributed by atoms with Crippen LogP contribution in [0.3, 0.4) is 0 Å². The predicted octanol–water partition coefficient (Wildman–Crippen LogP) is 3.84. The molecular formula is C17H26O3. The van der Waals surface area contributed by atoms with Crippen LogP contribution in [0.1, 0.15) is 54.4 Å². The average Bonchev–Trinajstić information content (AvgIpc) is 2.43. The number of hydrogen-bond donors (Lipinski definition) is 0. The number of hydrogen-bond acceptors (Lipinski definition) is 3. The molecule has 112 valence electrons. The number of ketones is 2. The van der Waals surface area contributed by atoms with Crippen molar-refractivity contribution < 1.29 is 14.3 Å². The molecule has 0 fully saturated rings. The largest absolute Gasteiger partial charge is 0.493 e. The molecular weight excluding hydrogens is 252 g/mol. The second-order valence-electron chi connectivity index (χ2n) is 5.62. The van der Waals surface area contributed by atoms with Crippen molar-refractivity contribution >= 4 is 11.6 Å². The molecule has 1 rings (SSSR count). The molecule has 0 aromatic heterocycles. The van der Waals surface area contributed by atoms with E-state index in [1.165, 1.54) is 0 Å². The first-order valence-electron chi connectivity index (χ1n) is 7.45. The Labute approximate surface area is 122 Å². The number of carbonyl (C=O) groups excluding carboxylic acids is 2. The van der Waals surface area contributed by atoms with Crippen LogP contribution in [0, 0.1) is 11.8 Å². The maximum Gasteiger partial charge on any atom is 0.168 e. The van der Waals surface area contributed by atoms with Gasteiger partial charge in [0, 0.05) is 24.3 Å². The lowest BCUT2D eigenvalue weighted by Crippen LogP contribution is -2.38. The van der Waals surface area contributed by atoms with Crippen LogP contribution in [0.2, 0.25) is 0 Å². The summed E-state index contributed by atoms with van der Waals surface area (Å²) in [6.45, 7) is 11.4. The van der Waals surface area contributed by atoms with Gasteiger partial charge in [-0.1, -0.05) is 33.8 Å². The van der Waals surface area contributed by atoms with Crippen LogP contribution in [-0.4, -0.2) is 17.7 Å². The highest BCUT2D eigenvalue weighted by molar-refractivity contribution is 5.98. The monoisotopic (exact) mass is 278 g/mol. The van der Waals surface area contributed by atoms with Gasteiger partial charge in [0.1, 0.15) is 11.9 Å². The second kappa shape index (κ2) is 6.87. The third-order valence-electron chi connectivity index (χ3n) is 4.09. The normalized spacial score (nSPS) is 25.5. The Balaban J connectivity index is 2.97. The van der Waals surface area contributed by atoms with Crippen molar-refractivity contribution in [3.63, 3.8) is 0 Å². The number of Topliss-reactive ketones (excluding diaryl/α,β-unsaturated/α-hetero) is 2. The number of carbonyl (C=O) groups is 2. The fraction of sp³-hybridized carbons (Fsp3) is 0.647. The molecule has 0 unspecified atom stereocenters. The third-order valence-corrected chi connectivity index (χ3v) is 4.09. The van der Waals surface area contributed by atoms with Gasteiger partial charge in [-0.25, -0.2) is 0 Å². The van der Waals surface area contributed by atoms with E-state index in [4.69, 9.17) is 4.74 Å². The van der Waals surface area contributed by atoms with Gasteiger partial charge >= 0.3 is 0 Å². The first kappa shape index (κ1) is 16.7. The van der Waals surface area contributed by atoms with Crippen molar-refractivity contribution in [2.45, 2.75) is 60.5 Å². The van der Waals surface area contributed by atoms with Crippen molar-refractivity contribution in [2.75, 3.05) is 0 Å². The summed E-state index contributed by atoms with van der Waals surface area (Å²) in [7, 11) is 0. The molecule has 0 aromatic carbocycles. The van der Waals surface area contributed by atoms with E-state index < -0.39 is 0 Å². The van der Waals surface area contributed by atoms with E-state index in [1.807, 2.05) is 47.6 Å².